The molecule has 0 N–H and O–H groups in total. The third-order valence-corrected chi connectivity index (χ3v) is 11.6. The molecule has 0 fully saturated rings. The quantitative estimate of drug-likeness (QED) is 0.276. The zero-order valence-electron chi connectivity index (χ0n) is 19.2. The summed E-state index contributed by atoms with van der Waals surface area (Å²) in [6.45, 7) is 0. The topological polar surface area (TPSA) is 69.9 Å². The molecule has 0 spiro atoms. The number of para-hydroxylation sites is 1. The zero-order valence-corrected chi connectivity index (χ0v) is 20.2. The normalized spacial score (nSPS) is 11.9. The maximum atomic E-state index is 5.50. The summed E-state index contributed by atoms with van der Waals surface area (Å²) in [4.78, 5) is 4.76. The second-order valence-electron chi connectivity index (χ2n) is 8.66. The highest BCUT2D eigenvalue weighted by molar-refractivity contribution is 7.20. The van der Waals surface area contributed by atoms with E-state index in [1.807, 2.05) is 10.6 Å². The van der Waals surface area contributed by atoms with Crippen molar-refractivity contribution in [3.8, 4) is 5.82 Å². The van der Waals surface area contributed by atoms with Crippen LogP contribution in [0.5, 0.6) is 0 Å². The number of hydrogen-bond donors (Lipinski definition) is 0. The summed E-state index contributed by atoms with van der Waals surface area (Å²) < 4.78 is 13.0. The van der Waals surface area contributed by atoms with Crippen LogP contribution in [0, 0.1) is 0 Å². The third-order valence-electron chi connectivity index (χ3n) is 6.79. The molecule has 0 atom stereocenters. The molecule has 7 rings (SSSR count). The predicted octanol–water partition coefficient (Wildman–Crippen LogP) is 3.53. The molecule has 7 aromatic rings. The maximum Gasteiger partial charge on any atom is 0.251 e. The van der Waals surface area contributed by atoms with Crippen molar-refractivity contribution in [3.63, 3.8) is 0 Å². The van der Waals surface area contributed by atoms with Crippen molar-refractivity contribution in [3.05, 3.63) is 122 Å². The van der Waals surface area contributed by atoms with Crippen LogP contribution in [0.3, 0.4) is 0 Å². The SMILES string of the molecule is c1ccc([Si-](c2ccccc2)(c2ccccc2)c2cccc3ncn(-c4noc5cnoc45)c23)cc1. The molecule has 173 valence electrons. The summed E-state index contributed by atoms with van der Waals surface area (Å²) in [5, 5.41) is 13.3. The fraction of sp³-hybridized carbons (Fsp3) is 0. The molecule has 6 nitrogen and oxygen atoms in total. The maximum absolute atomic E-state index is 5.50. The van der Waals surface area contributed by atoms with Crippen LogP contribution in [0.1, 0.15) is 0 Å². The molecular weight excluding hydrogens is 464 g/mol. The van der Waals surface area contributed by atoms with Gasteiger partial charge in [0.15, 0.2) is 0 Å². The lowest BCUT2D eigenvalue weighted by molar-refractivity contribution is 0.442. The van der Waals surface area contributed by atoms with Crippen molar-refractivity contribution >= 4 is 51.0 Å². The van der Waals surface area contributed by atoms with Crippen LogP contribution in [0.2, 0.25) is 0 Å². The Morgan fingerprint density at radius 3 is 1.86 bits per heavy atom. The Morgan fingerprint density at radius 1 is 0.639 bits per heavy atom. The first-order chi connectivity index (χ1) is 17.9. The molecule has 3 heterocycles. The largest absolute Gasteiger partial charge is 0.349 e. The minimum absolute atomic E-state index is 0.496. The van der Waals surface area contributed by atoms with Gasteiger partial charge in [-0.15, -0.1) is 5.19 Å². The lowest BCUT2D eigenvalue weighted by Gasteiger charge is -2.47. The first kappa shape index (κ1) is 20.6. The molecular formula is C29H20N4O2Si-. The van der Waals surface area contributed by atoms with Crippen molar-refractivity contribution in [2.75, 3.05) is 0 Å². The molecule has 0 aliphatic heterocycles. The highest BCUT2D eigenvalue weighted by Gasteiger charge is 2.31. The first-order valence-corrected chi connectivity index (χ1v) is 13.7. The minimum Gasteiger partial charge on any atom is -0.349 e. The van der Waals surface area contributed by atoms with Crippen LogP contribution < -0.4 is 20.7 Å². The van der Waals surface area contributed by atoms with E-state index in [0.29, 0.717) is 17.0 Å². The zero-order chi connectivity index (χ0) is 24.0. The Morgan fingerprint density at radius 2 is 1.25 bits per heavy atom. The van der Waals surface area contributed by atoms with Gasteiger partial charge in [-0.25, -0.2) is 4.98 Å². The molecule has 0 saturated carbocycles. The number of rotatable bonds is 5. The fourth-order valence-electron chi connectivity index (χ4n) is 5.29. The van der Waals surface area contributed by atoms with E-state index in [1.54, 1.807) is 6.33 Å². The van der Waals surface area contributed by atoms with E-state index < -0.39 is 8.07 Å². The molecule has 36 heavy (non-hydrogen) atoms. The van der Waals surface area contributed by atoms with E-state index in [0.717, 1.165) is 11.0 Å². The number of nitrogens with zero attached hydrogens (tertiary/aromatic N) is 4. The molecule has 0 radical (unpaired) electrons. The van der Waals surface area contributed by atoms with E-state index in [9.17, 15) is 0 Å². The lowest BCUT2D eigenvalue weighted by Crippen LogP contribution is -2.75. The van der Waals surface area contributed by atoms with Crippen LogP contribution in [-0.4, -0.2) is 27.9 Å². The molecule has 0 amide bonds. The van der Waals surface area contributed by atoms with Crippen LogP contribution >= 0.6 is 0 Å². The molecule has 0 aliphatic carbocycles. The van der Waals surface area contributed by atoms with Gasteiger partial charge in [-0.3, -0.25) is 4.57 Å². The Kier molecular flexibility index (Phi) is 4.68. The average molecular weight is 485 g/mol. The summed E-state index contributed by atoms with van der Waals surface area (Å²) in [5.41, 5.74) is 2.85. The summed E-state index contributed by atoms with van der Waals surface area (Å²) in [5.74, 6) is 0.537. The van der Waals surface area contributed by atoms with Crippen LogP contribution in [-0.2, 0) is 0 Å². The standard InChI is InChI=1S/C29H20N4O2Si/c1-4-11-21(12-5-1)36(22-13-6-2-7-14-22,23-15-8-3-9-16-23)26-18-10-17-24-27(26)33(20-30-24)29-28-25(34-32-29)19-31-35-28/h1-20H/q-1. The molecule has 0 saturated heterocycles. The third kappa shape index (κ3) is 2.93. The van der Waals surface area contributed by atoms with Gasteiger partial charge in [0.1, 0.15) is 12.5 Å². The molecule has 4 aromatic carbocycles. The molecule has 0 unspecified atom stereocenters. The Balaban J connectivity index is 1.66. The highest BCUT2D eigenvalue weighted by Crippen LogP contribution is 2.25. The molecule has 3 aromatic heterocycles. The highest BCUT2D eigenvalue weighted by atomic mass is 28.3. The summed E-state index contributed by atoms with van der Waals surface area (Å²) in [6.07, 6.45) is 3.32. The van der Waals surface area contributed by atoms with Gasteiger partial charge in [0.2, 0.25) is 11.4 Å². The van der Waals surface area contributed by atoms with Gasteiger partial charge in [-0.2, -0.15) is 15.6 Å². The lowest BCUT2D eigenvalue weighted by atomic mass is 10.3. The molecule has 0 bridgehead atoms. The number of hydrogen-bond acceptors (Lipinski definition) is 5. The van der Waals surface area contributed by atoms with E-state index in [2.05, 4.69) is 113 Å². The van der Waals surface area contributed by atoms with E-state index in [1.165, 1.54) is 26.9 Å². The van der Waals surface area contributed by atoms with Crippen LogP contribution in [0.15, 0.2) is 131 Å². The summed E-state index contributed by atoms with van der Waals surface area (Å²) in [7, 11) is -2.79. The van der Waals surface area contributed by atoms with Crippen LogP contribution in [0.25, 0.3) is 28.0 Å². The summed E-state index contributed by atoms with van der Waals surface area (Å²) >= 11 is 0. The van der Waals surface area contributed by atoms with Crippen LogP contribution in [0.4, 0.5) is 0 Å². The summed E-state index contributed by atoms with van der Waals surface area (Å²) in [6, 6.07) is 38.8. The van der Waals surface area contributed by atoms with Crippen molar-refractivity contribution < 1.29 is 9.05 Å². The second-order valence-corrected chi connectivity index (χ2v) is 12.4. The predicted molar refractivity (Wildman–Crippen MR) is 142 cm³/mol. The van der Waals surface area contributed by atoms with Gasteiger partial charge in [-0.05, 0) is 14.1 Å². The average Bonchev–Trinajstić information content (AvgIpc) is 3.68. The molecule has 0 aliphatic rings. The number of fused-ring (bicyclic) bond motifs is 2. The fourth-order valence-corrected chi connectivity index (χ4v) is 10.3. The number of benzene rings is 4. The Bertz CT molecular complexity index is 1690. The van der Waals surface area contributed by atoms with Crippen molar-refractivity contribution in [1.29, 1.82) is 0 Å². The van der Waals surface area contributed by atoms with Gasteiger partial charge in [0.05, 0.1) is 5.52 Å². The minimum atomic E-state index is -2.79. The number of imidazole rings is 1. The second kappa shape index (κ2) is 8.18. The first-order valence-electron chi connectivity index (χ1n) is 11.7. The van der Waals surface area contributed by atoms with Gasteiger partial charge >= 0.3 is 0 Å². The van der Waals surface area contributed by atoms with Crippen molar-refractivity contribution in [2.24, 2.45) is 0 Å². The van der Waals surface area contributed by atoms with E-state index >= 15 is 0 Å². The van der Waals surface area contributed by atoms with Gasteiger partial charge in [-0.1, -0.05) is 113 Å². The van der Waals surface area contributed by atoms with E-state index in [4.69, 9.17) is 14.0 Å². The Hall–Kier alpha value is -4.75. The van der Waals surface area contributed by atoms with E-state index in [-0.39, 0.29) is 0 Å². The van der Waals surface area contributed by atoms with Crippen molar-refractivity contribution in [1.82, 2.24) is 19.9 Å². The molecule has 7 heteroatoms. The van der Waals surface area contributed by atoms with Gasteiger partial charge in [0.25, 0.3) is 5.58 Å². The Labute approximate surface area is 207 Å². The monoisotopic (exact) mass is 484 g/mol. The van der Waals surface area contributed by atoms with Gasteiger partial charge < -0.3 is 9.05 Å². The number of aromatic nitrogens is 4. The van der Waals surface area contributed by atoms with Crippen molar-refractivity contribution in [2.45, 2.75) is 0 Å². The smallest absolute Gasteiger partial charge is 0.251 e. The van der Waals surface area contributed by atoms with Gasteiger partial charge in [0, 0.05) is 5.52 Å².